The van der Waals surface area contributed by atoms with Gasteiger partial charge in [-0.25, -0.2) is 9.18 Å². The number of likely N-dealkylation sites (N-methyl/N-ethyl adjacent to an activating group) is 1. The number of rotatable bonds is 3. The fourth-order valence-electron chi connectivity index (χ4n) is 2.42. The van der Waals surface area contributed by atoms with Gasteiger partial charge in [-0.15, -0.1) is 0 Å². The second-order valence-electron chi connectivity index (χ2n) is 5.45. The first-order chi connectivity index (χ1) is 10.1. The van der Waals surface area contributed by atoms with Gasteiger partial charge in [-0.2, -0.15) is 11.8 Å². The second-order valence-corrected chi connectivity index (χ2v) is 6.60. The molecule has 4 nitrogen and oxygen atoms in total. The quantitative estimate of drug-likeness (QED) is 0.932. The van der Waals surface area contributed by atoms with Crippen LogP contribution < -0.4 is 5.32 Å². The largest absolute Gasteiger partial charge is 0.322 e. The summed E-state index contributed by atoms with van der Waals surface area (Å²) in [7, 11) is 4.00. The molecule has 1 heterocycles. The van der Waals surface area contributed by atoms with Crippen molar-refractivity contribution in [1.82, 2.24) is 9.80 Å². The van der Waals surface area contributed by atoms with E-state index in [2.05, 4.69) is 10.2 Å². The summed E-state index contributed by atoms with van der Waals surface area (Å²) in [5, 5.41) is 2.70. The predicted octanol–water partition coefficient (Wildman–Crippen LogP) is 2.73. The minimum Gasteiger partial charge on any atom is -0.319 e. The topological polar surface area (TPSA) is 35.6 Å². The van der Waals surface area contributed by atoms with Crippen molar-refractivity contribution in [3.63, 3.8) is 0 Å². The molecule has 1 saturated heterocycles. The molecule has 2 amide bonds. The fourth-order valence-corrected chi connectivity index (χ4v) is 3.48. The Hall–Kier alpha value is -1.27. The Kier molecular flexibility index (Phi) is 5.87. The second kappa shape index (κ2) is 7.66. The molecule has 0 bridgehead atoms. The monoisotopic (exact) mass is 311 g/mol. The van der Waals surface area contributed by atoms with Crippen molar-refractivity contribution in [1.29, 1.82) is 0 Å². The maximum Gasteiger partial charge on any atom is 0.322 e. The zero-order valence-corrected chi connectivity index (χ0v) is 13.3. The summed E-state index contributed by atoms with van der Waals surface area (Å²) < 4.78 is 13.7. The molecule has 0 radical (unpaired) electrons. The molecule has 1 aromatic carbocycles. The van der Waals surface area contributed by atoms with Crippen LogP contribution in [0.25, 0.3) is 0 Å². The lowest BCUT2D eigenvalue weighted by molar-refractivity contribution is 0.180. The number of hydrogen-bond acceptors (Lipinski definition) is 3. The number of benzene rings is 1. The summed E-state index contributed by atoms with van der Waals surface area (Å²) in [6.45, 7) is 1.53. The van der Waals surface area contributed by atoms with Crippen molar-refractivity contribution in [2.24, 2.45) is 0 Å². The molecule has 1 aromatic rings. The lowest BCUT2D eigenvalue weighted by Gasteiger charge is -2.31. The number of nitrogens with one attached hydrogen (secondary N) is 1. The van der Waals surface area contributed by atoms with Crippen LogP contribution >= 0.6 is 11.8 Å². The minimum absolute atomic E-state index is 0.152. The first kappa shape index (κ1) is 16.1. The van der Waals surface area contributed by atoms with E-state index in [1.807, 2.05) is 30.8 Å². The Morgan fingerprint density at radius 3 is 2.95 bits per heavy atom. The predicted molar refractivity (Wildman–Crippen MR) is 86.4 cm³/mol. The van der Waals surface area contributed by atoms with Crippen LogP contribution in [0.15, 0.2) is 24.3 Å². The Morgan fingerprint density at radius 2 is 2.24 bits per heavy atom. The molecule has 0 spiro atoms. The Morgan fingerprint density at radius 1 is 1.48 bits per heavy atom. The number of para-hydroxylation sites is 1. The smallest absolute Gasteiger partial charge is 0.319 e. The molecule has 0 aromatic heterocycles. The lowest BCUT2D eigenvalue weighted by Crippen LogP contribution is -2.48. The average Bonchev–Trinajstić information content (AvgIpc) is 2.66. The molecule has 0 aliphatic carbocycles. The minimum atomic E-state index is -0.404. The van der Waals surface area contributed by atoms with Gasteiger partial charge in [0.1, 0.15) is 5.82 Å². The third-order valence-electron chi connectivity index (χ3n) is 3.39. The summed E-state index contributed by atoms with van der Waals surface area (Å²) in [6.07, 6.45) is 0.972. The van der Waals surface area contributed by atoms with Crippen LogP contribution in [-0.4, -0.2) is 60.6 Å². The van der Waals surface area contributed by atoms with Gasteiger partial charge in [0, 0.05) is 18.8 Å². The lowest BCUT2D eigenvalue weighted by atomic mass is 10.2. The summed E-state index contributed by atoms with van der Waals surface area (Å²) in [4.78, 5) is 16.4. The number of urea groups is 1. The number of thioether (sulfide) groups is 1. The third kappa shape index (κ3) is 4.61. The van der Waals surface area contributed by atoms with E-state index >= 15 is 0 Å². The van der Waals surface area contributed by atoms with Gasteiger partial charge in [-0.1, -0.05) is 12.1 Å². The molecular formula is C15H22FN3OS. The molecule has 21 heavy (non-hydrogen) atoms. The number of amides is 2. The fraction of sp³-hybridized carbons (Fsp3) is 0.533. The number of anilines is 1. The van der Waals surface area contributed by atoms with Crippen molar-refractivity contribution in [2.75, 3.05) is 44.0 Å². The van der Waals surface area contributed by atoms with Gasteiger partial charge >= 0.3 is 6.03 Å². The van der Waals surface area contributed by atoms with Crippen LogP contribution in [0, 0.1) is 5.82 Å². The molecular weight excluding hydrogens is 289 g/mol. The van der Waals surface area contributed by atoms with Crippen LogP contribution in [0.2, 0.25) is 0 Å². The van der Waals surface area contributed by atoms with E-state index in [9.17, 15) is 9.18 Å². The van der Waals surface area contributed by atoms with Crippen molar-refractivity contribution >= 4 is 23.5 Å². The van der Waals surface area contributed by atoms with E-state index in [4.69, 9.17) is 0 Å². The van der Waals surface area contributed by atoms with Crippen LogP contribution in [0.1, 0.15) is 6.42 Å². The normalized spacial score (nSPS) is 19.4. The van der Waals surface area contributed by atoms with Gasteiger partial charge in [0.25, 0.3) is 0 Å². The molecule has 1 aliphatic rings. The van der Waals surface area contributed by atoms with Gasteiger partial charge in [-0.05, 0) is 38.4 Å². The first-order valence-corrected chi connectivity index (χ1v) is 8.28. The Bertz CT molecular complexity index is 484. The highest BCUT2D eigenvalue weighted by Crippen LogP contribution is 2.19. The van der Waals surface area contributed by atoms with Crippen LogP contribution in [0.4, 0.5) is 14.9 Å². The van der Waals surface area contributed by atoms with E-state index in [1.165, 1.54) is 6.07 Å². The molecule has 1 unspecified atom stereocenters. The Labute approximate surface area is 129 Å². The van der Waals surface area contributed by atoms with E-state index in [0.29, 0.717) is 6.54 Å². The first-order valence-electron chi connectivity index (χ1n) is 7.12. The molecule has 1 atom stereocenters. The molecule has 116 valence electrons. The number of hydrogen-bond donors (Lipinski definition) is 1. The standard InChI is InChI=1S/C15H22FN3OS/c1-18(2)10-12-11-21-9-5-8-19(12)15(20)17-14-7-4-3-6-13(14)16/h3-4,6-7,12H,5,8-11H2,1-2H3,(H,17,20). The SMILES string of the molecule is CN(C)CC1CSCCCN1C(=O)Nc1ccccc1F. The van der Waals surface area contributed by atoms with E-state index in [1.54, 1.807) is 18.2 Å². The highest BCUT2D eigenvalue weighted by molar-refractivity contribution is 7.99. The van der Waals surface area contributed by atoms with Gasteiger partial charge in [-0.3, -0.25) is 0 Å². The van der Waals surface area contributed by atoms with Gasteiger partial charge in [0.2, 0.25) is 0 Å². The molecule has 1 aliphatic heterocycles. The van der Waals surface area contributed by atoms with Crippen molar-refractivity contribution < 1.29 is 9.18 Å². The van der Waals surface area contributed by atoms with Crippen molar-refractivity contribution in [2.45, 2.75) is 12.5 Å². The van der Waals surface area contributed by atoms with E-state index in [0.717, 1.165) is 24.5 Å². The Balaban J connectivity index is 2.08. The van der Waals surface area contributed by atoms with Gasteiger partial charge in [0.15, 0.2) is 0 Å². The summed E-state index contributed by atoms with van der Waals surface area (Å²) in [6, 6.07) is 6.21. The van der Waals surface area contributed by atoms with E-state index < -0.39 is 5.82 Å². The maximum atomic E-state index is 13.7. The van der Waals surface area contributed by atoms with Crippen molar-refractivity contribution in [3.8, 4) is 0 Å². The maximum absolute atomic E-state index is 13.7. The van der Waals surface area contributed by atoms with Crippen molar-refractivity contribution in [3.05, 3.63) is 30.1 Å². The highest BCUT2D eigenvalue weighted by Gasteiger charge is 2.26. The molecule has 6 heteroatoms. The van der Waals surface area contributed by atoms with Crippen LogP contribution in [0.5, 0.6) is 0 Å². The van der Waals surface area contributed by atoms with Crippen LogP contribution in [-0.2, 0) is 0 Å². The molecule has 0 saturated carbocycles. The number of carbonyl (C=O) groups excluding carboxylic acids is 1. The summed E-state index contributed by atoms with van der Waals surface area (Å²) >= 11 is 1.87. The third-order valence-corrected chi connectivity index (χ3v) is 4.59. The number of carbonyl (C=O) groups is 1. The zero-order chi connectivity index (χ0) is 15.2. The zero-order valence-electron chi connectivity index (χ0n) is 12.5. The number of halogens is 1. The van der Waals surface area contributed by atoms with E-state index in [-0.39, 0.29) is 17.8 Å². The average molecular weight is 311 g/mol. The number of nitrogens with zero attached hydrogens (tertiary/aromatic N) is 2. The molecule has 1 N–H and O–H groups in total. The van der Waals surface area contributed by atoms with Gasteiger partial charge in [0.05, 0.1) is 11.7 Å². The summed E-state index contributed by atoms with van der Waals surface area (Å²) in [5.74, 6) is 1.58. The van der Waals surface area contributed by atoms with Crippen LogP contribution in [0.3, 0.4) is 0 Å². The summed E-state index contributed by atoms with van der Waals surface area (Å²) in [5.41, 5.74) is 0.239. The molecule has 1 fully saturated rings. The molecule has 2 rings (SSSR count). The highest BCUT2D eigenvalue weighted by atomic mass is 32.2. The van der Waals surface area contributed by atoms with Gasteiger partial charge < -0.3 is 15.1 Å².